The van der Waals surface area contributed by atoms with Gasteiger partial charge in [-0.25, -0.2) is 19.3 Å². The van der Waals surface area contributed by atoms with Gasteiger partial charge in [0.25, 0.3) is 0 Å². The van der Waals surface area contributed by atoms with Crippen LogP contribution >= 0.6 is 11.8 Å². The van der Waals surface area contributed by atoms with Gasteiger partial charge in [0.15, 0.2) is 17.5 Å². The fourth-order valence-electron chi connectivity index (χ4n) is 4.30. The molecule has 7 nitrogen and oxygen atoms in total. The second-order valence-corrected chi connectivity index (χ2v) is 9.03. The van der Waals surface area contributed by atoms with E-state index in [4.69, 9.17) is 5.73 Å². The summed E-state index contributed by atoms with van der Waals surface area (Å²) in [6.45, 7) is -0.300. The Morgan fingerprint density at radius 1 is 1.24 bits per heavy atom. The summed E-state index contributed by atoms with van der Waals surface area (Å²) < 4.78 is 14.5. The molecule has 3 aromatic rings. The van der Waals surface area contributed by atoms with Crippen molar-refractivity contribution in [1.82, 2.24) is 15.0 Å². The average molecular weight is 463 g/mol. The molecular formula is C24H23FN6OS. The molecule has 4 N–H and O–H groups in total. The molecule has 0 bridgehead atoms. The smallest absolute Gasteiger partial charge is 0.179 e. The first-order chi connectivity index (χ1) is 16.0. The Kier molecular flexibility index (Phi) is 5.61. The molecule has 2 aromatic heterocycles. The van der Waals surface area contributed by atoms with Crippen LogP contribution in [0.15, 0.2) is 77.2 Å². The Morgan fingerprint density at radius 3 is 2.76 bits per heavy atom. The predicted octanol–water partition coefficient (Wildman–Crippen LogP) is 3.79. The number of benzene rings is 1. The average Bonchev–Trinajstić information content (AvgIpc) is 3.12. The van der Waals surface area contributed by atoms with Gasteiger partial charge in [-0.05, 0) is 23.6 Å². The quantitative estimate of drug-likeness (QED) is 0.527. The van der Waals surface area contributed by atoms with E-state index in [1.807, 2.05) is 29.4 Å². The molecule has 1 spiro atoms. The lowest BCUT2D eigenvalue weighted by Crippen LogP contribution is -2.31. The van der Waals surface area contributed by atoms with Crippen LogP contribution in [0, 0.1) is 11.2 Å². The highest BCUT2D eigenvalue weighted by molar-refractivity contribution is 7.99. The highest BCUT2D eigenvalue weighted by Crippen LogP contribution is 2.48. The highest BCUT2D eigenvalue weighted by atomic mass is 32.2. The molecule has 1 atom stereocenters. The number of halogens is 1. The summed E-state index contributed by atoms with van der Waals surface area (Å²) in [6.07, 6.45) is 12.0. The minimum Gasteiger partial charge on any atom is -0.390 e. The maximum Gasteiger partial charge on any atom is 0.179 e. The monoisotopic (exact) mass is 462 g/mol. The predicted molar refractivity (Wildman–Crippen MR) is 126 cm³/mol. The SMILES string of the molecule is CNc1nccc(Sc2cnc(N3C=CC4(C=C3)Cc3ccccc3[C@H]4N)c(CO)n2)c1F. The van der Waals surface area contributed by atoms with Crippen molar-refractivity contribution in [2.24, 2.45) is 11.1 Å². The molecule has 0 unspecified atom stereocenters. The summed E-state index contributed by atoms with van der Waals surface area (Å²) in [6, 6.07) is 9.71. The van der Waals surface area contributed by atoms with Gasteiger partial charge in [-0.3, -0.25) is 0 Å². The van der Waals surface area contributed by atoms with E-state index in [9.17, 15) is 9.50 Å². The zero-order valence-electron chi connectivity index (χ0n) is 17.9. The van der Waals surface area contributed by atoms with E-state index in [0.717, 1.165) is 18.2 Å². The summed E-state index contributed by atoms with van der Waals surface area (Å²) in [5.74, 6) is 0.221. The van der Waals surface area contributed by atoms with Crippen molar-refractivity contribution in [3.05, 3.63) is 89.9 Å². The van der Waals surface area contributed by atoms with Gasteiger partial charge in [-0.2, -0.15) is 0 Å². The molecule has 5 rings (SSSR count). The largest absolute Gasteiger partial charge is 0.390 e. The number of nitrogens with zero attached hydrogens (tertiary/aromatic N) is 4. The molecule has 0 saturated heterocycles. The number of hydrogen-bond acceptors (Lipinski definition) is 8. The molecule has 9 heteroatoms. The first kappa shape index (κ1) is 21.6. The van der Waals surface area contributed by atoms with Crippen LogP contribution in [-0.4, -0.2) is 27.1 Å². The van der Waals surface area contributed by atoms with Crippen molar-refractivity contribution in [2.45, 2.75) is 29.0 Å². The molecule has 1 aliphatic carbocycles. The zero-order chi connectivity index (χ0) is 23.0. The van der Waals surface area contributed by atoms with E-state index in [1.54, 1.807) is 19.3 Å². The summed E-state index contributed by atoms with van der Waals surface area (Å²) in [4.78, 5) is 15.2. The number of nitrogens with two attached hydrogens (primary N) is 1. The van der Waals surface area contributed by atoms with Crippen molar-refractivity contribution in [1.29, 1.82) is 0 Å². The van der Waals surface area contributed by atoms with Gasteiger partial charge in [0.05, 0.1) is 17.7 Å². The van der Waals surface area contributed by atoms with Crippen molar-refractivity contribution in [2.75, 3.05) is 17.3 Å². The van der Waals surface area contributed by atoms with Crippen LogP contribution < -0.4 is 16.0 Å². The lowest BCUT2D eigenvalue weighted by atomic mass is 9.80. The van der Waals surface area contributed by atoms with Gasteiger partial charge >= 0.3 is 0 Å². The third kappa shape index (κ3) is 3.78. The third-order valence-electron chi connectivity index (χ3n) is 6.06. The molecule has 1 aliphatic heterocycles. The number of aliphatic hydroxyl groups excluding tert-OH is 1. The maximum absolute atomic E-state index is 14.5. The fourth-order valence-corrected chi connectivity index (χ4v) is 5.10. The van der Waals surface area contributed by atoms with Crippen LogP contribution in [0.3, 0.4) is 0 Å². The Balaban J connectivity index is 1.38. The molecule has 0 fully saturated rings. The molecule has 0 radical (unpaired) electrons. The summed E-state index contributed by atoms with van der Waals surface area (Å²) in [5.41, 5.74) is 9.13. The first-order valence-electron chi connectivity index (χ1n) is 10.5. The fraction of sp³-hybridized carbons (Fsp3) is 0.208. The van der Waals surface area contributed by atoms with Crippen LogP contribution in [0.4, 0.5) is 16.0 Å². The van der Waals surface area contributed by atoms with E-state index in [-0.39, 0.29) is 23.9 Å². The summed E-state index contributed by atoms with van der Waals surface area (Å²) in [5, 5.41) is 13.1. The Bertz CT molecular complexity index is 1250. The van der Waals surface area contributed by atoms with Crippen molar-refractivity contribution < 1.29 is 9.50 Å². The maximum atomic E-state index is 14.5. The standard InChI is InChI=1S/C24H23FN6OS/c1-27-22-20(25)18(6-9-28-22)33-19-13-29-23(17(14-32)30-19)31-10-7-24(8-11-31)12-15-4-2-3-5-16(15)21(24)26/h2-11,13,21,32H,12,14,26H2,1H3,(H,27,28)/t21-/m1/s1. The lowest BCUT2D eigenvalue weighted by molar-refractivity contribution is 0.276. The van der Waals surface area contributed by atoms with Crippen LogP contribution in [0.2, 0.25) is 0 Å². The van der Waals surface area contributed by atoms with Gasteiger partial charge in [0, 0.05) is 37.1 Å². The molecule has 168 valence electrons. The van der Waals surface area contributed by atoms with E-state index < -0.39 is 5.82 Å². The highest BCUT2D eigenvalue weighted by Gasteiger charge is 2.41. The summed E-state index contributed by atoms with van der Waals surface area (Å²) >= 11 is 1.13. The van der Waals surface area contributed by atoms with E-state index in [0.29, 0.717) is 21.4 Å². The number of aromatic nitrogens is 3. The molecule has 2 aliphatic rings. The van der Waals surface area contributed by atoms with Crippen LogP contribution in [0.1, 0.15) is 22.9 Å². The first-order valence-corrected chi connectivity index (χ1v) is 11.3. The number of anilines is 2. The van der Waals surface area contributed by atoms with Crippen LogP contribution in [0.25, 0.3) is 0 Å². The molecule has 33 heavy (non-hydrogen) atoms. The van der Waals surface area contributed by atoms with Gasteiger partial charge in [0.2, 0.25) is 0 Å². The normalized spacial score (nSPS) is 18.1. The number of aliphatic hydroxyl groups is 1. The number of hydrogen-bond donors (Lipinski definition) is 3. The second-order valence-electron chi connectivity index (χ2n) is 7.96. The number of rotatable bonds is 5. The molecule has 0 saturated carbocycles. The number of pyridine rings is 1. The Labute approximate surface area is 195 Å². The van der Waals surface area contributed by atoms with Crippen molar-refractivity contribution >= 4 is 23.4 Å². The van der Waals surface area contributed by atoms with Crippen LogP contribution in [0.5, 0.6) is 0 Å². The zero-order valence-corrected chi connectivity index (χ0v) is 18.8. The van der Waals surface area contributed by atoms with Crippen molar-refractivity contribution in [3.8, 4) is 0 Å². The second kappa shape index (κ2) is 8.58. The molecule has 0 amide bonds. The van der Waals surface area contributed by atoms with Crippen LogP contribution in [-0.2, 0) is 13.0 Å². The number of nitrogens with one attached hydrogen (secondary N) is 1. The molecule has 3 heterocycles. The van der Waals surface area contributed by atoms with Crippen molar-refractivity contribution in [3.63, 3.8) is 0 Å². The van der Waals surface area contributed by atoms with Gasteiger partial charge < -0.3 is 21.1 Å². The molecule has 1 aromatic carbocycles. The van der Waals surface area contributed by atoms with Gasteiger partial charge in [0.1, 0.15) is 10.7 Å². The Morgan fingerprint density at radius 2 is 2.03 bits per heavy atom. The minimum absolute atomic E-state index is 0.122. The van der Waals surface area contributed by atoms with E-state index in [1.165, 1.54) is 17.3 Å². The van der Waals surface area contributed by atoms with Gasteiger partial charge in [-0.1, -0.05) is 48.2 Å². The number of fused-ring (bicyclic) bond motifs is 1. The van der Waals surface area contributed by atoms with E-state index in [2.05, 4.69) is 44.6 Å². The Hall–Kier alpha value is -3.27. The third-order valence-corrected chi connectivity index (χ3v) is 7.00. The topological polar surface area (TPSA) is 100 Å². The lowest BCUT2D eigenvalue weighted by Gasteiger charge is -2.32. The summed E-state index contributed by atoms with van der Waals surface area (Å²) in [7, 11) is 1.61. The minimum atomic E-state index is -0.456. The van der Waals surface area contributed by atoms with E-state index >= 15 is 0 Å². The van der Waals surface area contributed by atoms with Gasteiger partial charge in [-0.15, -0.1) is 0 Å². The molecular weight excluding hydrogens is 439 g/mol.